The molecule has 0 aromatic heterocycles. The van der Waals surface area contributed by atoms with Crippen LogP contribution >= 0.6 is 0 Å². The van der Waals surface area contributed by atoms with E-state index in [9.17, 15) is 13.2 Å². The fourth-order valence-electron chi connectivity index (χ4n) is 2.73. The molecular formula is C16H21N3O3S. The average molecular weight is 335 g/mol. The number of likely N-dealkylation sites (tertiary alicyclic amines) is 1. The van der Waals surface area contributed by atoms with Gasteiger partial charge in [0.15, 0.2) is 0 Å². The molecule has 0 bridgehead atoms. The van der Waals surface area contributed by atoms with E-state index < -0.39 is 10.0 Å². The molecule has 2 atom stereocenters. The summed E-state index contributed by atoms with van der Waals surface area (Å²) in [7, 11) is -1.85. The summed E-state index contributed by atoms with van der Waals surface area (Å²) in [5.41, 5.74) is 0.610. The van der Waals surface area contributed by atoms with Gasteiger partial charge < -0.3 is 10.2 Å². The number of benzene rings is 1. The van der Waals surface area contributed by atoms with Crippen LogP contribution in [0, 0.1) is 11.8 Å². The van der Waals surface area contributed by atoms with Gasteiger partial charge in [-0.05, 0) is 43.0 Å². The zero-order valence-corrected chi connectivity index (χ0v) is 14.1. The summed E-state index contributed by atoms with van der Waals surface area (Å²) >= 11 is 0. The molecule has 6 nitrogen and oxygen atoms in total. The minimum atomic E-state index is -3.70. The van der Waals surface area contributed by atoms with Gasteiger partial charge in [0.25, 0.3) is 10.0 Å². The number of amides is 1. The Balaban J connectivity index is 1.72. The Morgan fingerprint density at radius 2 is 1.96 bits per heavy atom. The van der Waals surface area contributed by atoms with E-state index in [2.05, 4.69) is 9.71 Å². The van der Waals surface area contributed by atoms with Crippen LogP contribution in [-0.2, 0) is 14.8 Å². The van der Waals surface area contributed by atoms with Crippen LogP contribution < -0.4 is 5.32 Å². The summed E-state index contributed by atoms with van der Waals surface area (Å²) < 4.78 is 28.6. The largest absolute Gasteiger partial charge is 0.362 e. The number of nitrogens with one attached hydrogen (secondary N) is 1. The van der Waals surface area contributed by atoms with E-state index in [-0.39, 0.29) is 16.7 Å². The topological polar surface area (TPSA) is 78.8 Å². The molecule has 0 radical (unpaired) electrons. The smallest absolute Gasteiger partial charge is 0.283 e. The fraction of sp³-hybridized carbons (Fsp3) is 0.500. The highest BCUT2D eigenvalue weighted by atomic mass is 32.2. The summed E-state index contributed by atoms with van der Waals surface area (Å²) in [6.07, 6.45) is 2.53. The Bertz CT molecular complexity index is 740. The van der Waals surface area contributed by atoms with Crippen LogP contribution in [-0.4, -0.2) is 38.7 Å². The molecule has 1 aromatic carbocycles. The summed E-state index contributed by atoms with van der Waals surface area (Å²) in [6.45, 7) is 2.87. The number of anilines is 1. The molecule has 7 heteroatoms. The quantitative estimate of drug-likeness (QED) is 0.914. The lowest BCUT2D eigenvalue weighted by atomic mass is 10.3. The molecule has 2 aliphatic rings. The van der Waals surface area contributed by atoms with Crippen molar-refractivity contribution < 1.29 is 13.2 Å². The second kappa shape index (κ2) is 5.96. The van der Waals surface area contributed by atoms with E-state index in [4.69, 9.17) is 0 Å². The van der Waals surface area contributed by atoms with Crippen molar-refractivity contribution in [1.29, 1.82) is 0 Å². The second-order valence-corrected chi connectivity index (χ2v) is 7.94. The zero-order chi connectivity index (χ0) is 16.6. The molecule has 1 aliphatic heterocycles. The summed E-state index contributed by atoms with van der Waals surface area (Å²) in [5, 5.41) is 2.82. The van der Waals surface area contributed by atoms with E-state index in [1.165, 1.54) is 12.1 Å². The van der Waals surface area contributed by atoms with Gasteiger partial charge >= 0.3 is 0 Å². The second-order valence-electron chi connectivity index (χ2n) is 6.34. The maximum absolute atomic E-state index is 12.3. The van der Waals surface area contributed by atoms with E-state index in [1.807, 2.05) is 18.9 Å². The van der Waals surface area contributed by atoms with Crippen LogP contribution in [0.1, 0.15) is 26.2 Å². The lowest BCUT2D eigenvalue weighted by Crippen LogP contribution is -2.20. The predicted molar refractivity (Wildman–Crippen MR) is 88.8 cm³/mol. The molecule has 1 aromatic rings. The highest BCUT2D eigenvalue weighted by Crippen LogP contribution is 2.38. The first-order valence-corrected chi connectivity index (χ1v) is 9.27. The number of carbonyl (C=O) groups is 1. The van der Waals surface area contributed by atoms with E-state index >= 15 is 0 Å². The molecule has 1 saturated heterocycles. The molecule has 1 heterocycles. The van der Waals surface area contributed by atoms with Gasteiger partial charge in [0.1, 0.15) is 5.84 Å². The summed E-state index contributed by atoms with van der Waals surface area (Å²) in [6, 6.07) is 6.19. The molecule has 1 saturated carbocycles. The Morgan fingerprint density at radius 1 is 1.30 bits per heavy atom. The Labute approximate surface area is 136 Å². The highest BCUT2D eigenvalue weighted by Gasteiger charge is 2.39. The highest BCUT2D eigenvalue weighted by molar-refractivity contribution is 7.90. The Hall–Kier alpha value is -1.89. The minimum Gasteiger partial charge on any atom is -0.362 e. The first-order valence-electron chi connectivity index (χ1n) is 7.83. The average Bonchev–Trinajstić information content (AvgIpc) is 3.11. The normalized spacial score (nSPS) is 25.7. The van der Waals surface area contributed by atoms with Gasteiger partial charge in [-0.25, -0.2) is 0 Å². The van der Waals surface area contributed by atoms with Crippen molar-refractivity contribution in [1.82, 2.24) is 4.90 Å². The molecule has 2 unspecified atom stereocenters. The van der Waals surface area contributed by atoms with Crippen molar-refractivity contribution in [2.24, 2.45) is 16.2 Å². The molecule has 1 amide bonds. The number of sulfonamides is 1. The SMILES string of the molecule is CC1CC1C(=O)Nc1ccc(S(=O)(=O)/N=C2/CCCN2C)cc1. The number of amidine groups is 1. The van der Waals surface area contributed by atoms with Gasteiger partial charge in [-0.3, -0.25) is 4.79 Å². The van der Waals surface area contributed by atoms with Crippen LogP contribution in [0.4, 0.5) is 5.69 Å². The summed E-state index contributed by atoms with van der Waals surface area (Å²) in [4.78, 5) is 13.9. The predicted octanol–water partition coefficient (Wildman–Crippen LogP) is 2.09. The number of carbonyl (C=O) groups excluding carboxylic acids is 1. The fourth-order valence-corrected chi connectivity index (χ4v) is 3.83. The monoisotopic (exact) mass is 335 g/mol. The number of nitrogens with zero attached hydrogens (tertiary/aromatic N) is 2. The standard InChI is InChI=1S/C16H21N3O3S/c1-11-10-14(11)16(20)17-12-5-7-13(8-6-12)23(21,22)18-15-4-3-9-19(15)2/h5-8,11,14H,3-4,9-10H2,1-2H3,(H,17,20)/b18-15-. The zero-order valence-electron chi connectivity index (χ0n) is 13.3. The van der Waals surface area contributed by atoms with Crippen molar-refractivity contribution in [3.8, 4) is 0 Å². The van der Waals surface area contributed by atoms with Crippen molar-refractivity contribution in [2.45, 2.75) is 31.1 Å². The van der Waals surface area contributed by atoms with Gasteiger partial charge in [0.2, 0.25) is 5.91 Å². The van der Waals surface area contributed by atoms with Crippen LogP contribution in [0.15, 0.2) is 33.6 Å². The number of rotatable bonds is 4. The van der Waals surface area contributed by atoms with Crippen LogP contribution in [0.2, 0.25) is 0 Å². The molecule has 124 valence electrons. The third-order valence-electron chi connectivity index (χ3n) is 4.43. The van der Waals surface area contributed by atoms with Crippen LogP contribution in [0.5, 0.6) is 0 Å². The number of hydrogen-bond donors (Lipinski definition) is 1. The van der Waals surface area contributed by atoms with Crippen molar-refractivity contribution >= 4 is 27.5 Å². The van der Waals surface area contributed by atoms with Gasteiger partial charge in [-0.15, -0.1) is 4.40 Å². The molecular weight excluding hydrogens is 314 g/mol. The van der Waals surface area contributed by atoms with E-state index in [0.717, 1.165) is 19.4 Å². The van der Waals surface area contributed by atoms with Crippen LogP contribution in [0.25, 0.3) is 0 Å². The third kappa shape index (κ3) is 3.55. The maximum Gasteiger partial charge on any atom is 0.283 e. The third-order valence-corrected chi connectivity index (χ3v) is 5.75. The minimum absolute atomic E-state index is 0.000862. The van der Waals surface area contributed by atoms with Crippen LogP contribution in [0.3, 0.4) is 0 Å². The lowest BCUT2D eigenvalue weighted by Gasteiger charge is -2.11. The molecule has 2 fully saturated rings. The van der Waals surface area contributed by atoms with Crippen molar-refractivity contribution in [2.75, 3.05) is 18.9 Å². The first-order chi connectivity index (χ1) is 10.9. The van der Waals surface area contributed by atoms with E-state index in [0.29, 0.717) is 23.9 Å². The molecule has 3 rings (SSSR count). The van der Waals surface area contributed by atoms with Gasteiger partial charge in [-0.2, -0.15) is 8.42 Å². The van der Waals surface area contributed by atoms with Crippen molar-refractivity contribution in [3.05, 3.63) is 24.3 Å². The molecule has 1 aliphatic carbocycles. The molecule has 23 heavy (non-hydrogen) atoms. The molecule has 0 spiro atoms. The van der Waals surface area contributed by atoms with Gasteiger partial charge in [0, 0.05) is 31.6 Å². The Morgan fingerprint density at radius 3 is 2.48 bits per heavy atom. The van der Waals surface area contributed by atoms with Crippen molar-refractivity contribution in [3.63, 3.8) is 0 Å². The number of hydrogen-bond acceptors (Lipinski definition) is 3. The summed E-state index contributed by atoms with van der Waals surface area (Å²) in [5.74, 6) is 1.13. The van der Waals surface area contributed by atoms with Gasteiger partial charge in [-0.1, -0.05) is 6.92 Å². The maximum atomic E-state index is 12.3. The van der Waals surface area contributed by atoms with Gasteiger partial charge in [0.05, 0.1) is 4.90 Å². The molecule has 1 N–H and O–H groups in total. The lowest BCUT2D eigenvalue weighted by molar-refractivity contribution is -0.117. The van der Waals surface area contributed by atoms with E-state index in [1.54, 1.807) is 12.1 Å². The first kappa shape index (κ1) is 16.0. The Kier molecular flexibility index (Phi) is 4.14.